The lowest BCUT2D eigenvalue weighted by atomic mass is 9.85. The van der Waals surface area contributed by atoms with Crippen LogP contribution in [0, 0.1) is 0 Å². The minimum Gasteiger partial charge on any atom is -0.455 e. The third kappa shape index (κ3) is 6.16. The molecule has 2 nitrogen and oxygen atoms in total. The molecule has 2 aromatic heterocycles. The van der Waals surface area contributed by atoms with Crippen LogP contribution in [0.4, 0.5) is 0 Å². The molecular weight excluding hydrogens is 871 g/mol. The summed E-state index contributed by atoms with van der Waals surface area (Å²) in [5.41, 5.74) is 17.6. The van der Waals surface area contributed by atoms with Crippen LogP contribution in [0.15, 0.2) is 253 Å². The molecule has 0 bridgehead atoms. The molecule has 0 unspecified atom stereocenters. The van der Waals surface area contributed by atoms with E-state index in [1.54, 1.807) is 0 Å². The largest absolute Gasteiger partial charge is 0.455 e. The number of hydrogen-bond donors (Lipinski definition) is 0. The molecule has 2 heteroatoms. The summed E-state index contributed by atoms with van der Waals surface area (Å²) in [6, 6.07) is 85.0. The van der Waals surface area contributed by atoms with E-state index < -0.39 is 0 Å². The molecule has 0 atom stereocenters. The minimum absolute atomic E-state index is 0.875. The van der Waals surface area contributed by atoms with E-state index >= 15 is 0 Å². The summed E-state index contributed by atoms with van der Waals surface area (Å²) in [4.78, 5) is 0. The zero-order valence-electron chi connectivity index (χ0n) is 39.4. The summed E-state index contributed by atoms with van der Waals surface area (Å²) >= 11 is 0. The number of furan rings is 1. The number of fused-ring (bicyclic) bond motifs is 10. The highest BCUT2D eigenvalue weighted by molar-refractivity contribution is 6.26. The molecule has 0 amide bonds. The van der Waals surface area contributed by atoms with Gasteiger partial charge in [-0.15, -0.1) is 0 Å². The van der Waals surface area contributed by atoms with Crippen LogP contribution in [0.1, 0.15) is 18.4 Å². The lowest BCUT2D eigenvalue weighted by molar-refractivity contribution is 0.670. The molecular formula is C70H45NO. The van der Waals surface area contributed by atoms with Crippen molar-refractivity contribution in [2.75, 3.05) is 0 Å². The summed E-state index contributed by atoms with van der Waals surface area (Å²) in [5, 5.41) is 14.4. The fourth-order valence-corrected chi connectivity index (χ4v) is 12.3. The highest BCUT2D eigenvalue weighted by atomic mass is 16.3. The monoisotopic (exact) mass is 915 g/mol. The van der Waals surface area contributed by atoms with Crippen molar-refractivity contribution in [3.05, 3.63) is 254 Å². The van der Waals surface area contributed by atoms with Crippen molar-refractivity contribution in [1.82, 2.24) is 4.57 Å². The highest BCUT2D eigenvalue weighted by Gasteiger charge is 2.24. The Morgan fingerprint density at radius 3 is 1.43 bits per heavy atom. The number of para-hydroxylation sites is 1. The molecule has 0 saturated heterocycles. The summed E-state index contributed by atoms with van der Waals surface area (Å²) in [6.45, 7) is 0. The quantitative estimate of drug-likeness (QED) is 0.152. The van der Waals surface area contributed by atoms with E-state index in [2.05, 4.69) is 253 Å². The number of rotatable bonds is 6. The van der Waals surface area contributed by atoms with Crippen molar-refractivity contribution in [3.8, 4) is 50.2 Å². The molecule has 336 valence electrons. The number of aromatic nitrogens is 1. The molecule has 0 spiro atoms. The molecule has 12 aromatic carbocycles. The van der Waals surface area contributed by atoms with Crippen LogP contribution in [0.5, 0.6) is 0 Å². The predicted molar refractivity (Wildman–Crippen MR) is 306 cm³/mol. The first-order valence-electron chi connectivity index (χ1n) is 25.1. The van der Waals surface area contributed by atoms with Gasteiger partial charge in [-0.25, -0.2) is 0 Å². The van der Waals surface area contributed by atoms with Gasteiger partial charge in [0.1, 0.15) is 11.2 Å². The van der Waals surface area contributed by atoms with Crippen molar-refractivity contribution in [2.24, 2.45) is 0 Å². The first kappa shape index (κ1) is 40.6. The summed E-state index contributed by atoms with van der Waals surface area (Å²) in [7, 11) is 0. The summed E-state index contributed by atoms with van der Waals surface area (Å²) in [5.74, 6) is 0. The van der Waals surface area contributed by atoms with Gasteiger partial charge in [-0.3, -0.25) is 0 Å². The van der Waals surface area contributed by atoms with Gasteiger partial charge >= 0.3 is 0 Å². The number of nitrogens with zero attached hydrogens (tertiary/aromatic N) is 1. The van der Waals surface area contributed by atoms with E-state index in [1.807, 2.05) is 0 Å². The maximum absolute atomic E-state index is 7.04. The molecule has 1 aliphatic rings. The second kappa shape index (κ2) is 16.2. The van der Waals surface area contributed by atoms with Gasteiger partial charge in [-0.05, 0) is 126 Å². The van der Waals surface area contributed by atoms with Gasteiger partial charge < -0.3 is 8.98 Å². The Morgan fingerprint density at radius 2 is 0.819 bits per heavy atom. The van der Waals surface area contributed by atoms with Crippen molar-refractivity contribution < 1.29 is 4.42 Å². The lowest BCUT2D eigenvalue weighted by Gasteiger charge is -2.20. The van der Waals surface area contributed by atoms with Crippen LogP contribution in [0.3, 0.4) is 0 Å². The van der Waals surface area contributed by atoms with Crippen molar-refractivity contribution in [2.45, 2.75) is 12.8 Å². The molecule has 0 saturated carbocycles. The van der Waals surface area contributed by atoms with Gasteiger partial charge in [0.2, 0.25) is 0 Å². The van der Waals surface area contributed by atoms with Gasteiger partial charge in [-0.2, -0.15) is 0 Å². The van der Waals surface area contributed by atoms with Crippen LogP contribution in [0.25, 0.3) is 143 Å². The maximum atomic E-state index is 7.04. The summed E-state index contributed by atoms with van der Waals surface area (Å²) in [6.07, 6.45) is 8.87. The zero-order chi connectivity index (χ0) is 47.3. The smallest absolute Gasteiger partial charge is 0.143 e. The third-order valence-corrected chi connectivity index (χ3v) is 15.4. The molecule has 0 N–H and O–H groups in total. The van der Waals surface area contributed by atoms with Gasteiger partial charge in [0.15, 0.2) is 0 Å². The van der Waals surface area contributed by atoms with Crippen LogP contribution < -0.4 is 0 Å². The number of allylic oxidation sites excluding steroid dienone is 4. The Bertz CT molecular complexity index is 4490. The Balaban J connectivity index is 0.955. The van der Waals surface area contributed by atoms with Crippen LogP contribution >= 0.6 is 0 Å². The summed E-state index contributed by atoms with van der Waals surface area (Å²) < 4.78 is 9.58. The second-order valence-corrected chi connectivity index (χ2v) is 19.3. The van der Waals surface area contributed by atoms with E-state index in [0.717, 1.165) is 45.9 Å². The van der Waals surface area contributed by atoms with Gasteiger partial charge in [0.25, 0.3) is 0 Å². The van der Waals surface area contributed by atoms with Crippen LogP contribution in [0.2, 0.25) is 0 Å². The fraction of sp³-hybridized carbons (Fsp3) is 0.0286. The molecule has 1 aliphatic carbocycles. The SMILES string of the molecule is C1=CCCC(c2ccc3c(c2)c2cc(-c4ccccc4)ccc2n3-c2c3ccccc3c(-c3ccc4oc5c(-c6c7ccccc7c(-c7ccccc7)c7ccccc67)cccc5c4c3)c3ccccc23)=C1. The lowest BCUT2D eigenvalue weighted by Crippen LogP contribution is -1.99. The average molecular weight is 916 g/mol. The number of hydrogen-bond acceptors (Lipinski definition) is 1. The Hall–Kier alpha value is -9.24. The normalized spacial score (nSPS) is 12.9. The zero-order valence-corrected chi connectivity index (χ0v) is 39.4. The molecule has 15 rings (SSSR count). The third-order valence-electron chi connectivity index (χ3n) is 15.4. The van der Waals surface area contributed by atoms with E-state index in [-0.39, 0.29) is 0 Å². The van der Waals surface area contributed by atoms with Gasteiger partial charge in [0.05, 0.1) is 16.7 Å². The Morgan fingerprint density at radius 1 is 0.333 bits per heavy atom. The fourth-order valence-electron chi connectivity index (χ4n) is 12.3. The van der Waals surface area contributed by atoms with E-state index in [1.165, 1.54) is 115 Å². The van der Waals surface area contributed by atoms with Gasteiger partial charge in [-0.1, -0.05) is 212 Å². The predicted octanol–water partition coefficient (Wildman–Crippen LogP) is 19.7. The molecule has 0 aliphatic heterocycles. The Kier molecular flexibility index (Phi) is 9.12. The second-order valence-electron chi connectivity index (χ2n) is 19.3. The molecule has 14 aromatic rings. The highest BCUT2D eigenvalue weighted by Crippen LogP contribution is 2.49. The first-order chi connectivity index (χ1) is 35.7. The van der Waals surface area contributed by atoms with E-state index in [4.69, 9.17) is 4.42 Å². The molecule has 72 heavy (non-hydrogen) atoms. The maximum Gasteiger partial charge on any atom is 0.143 e. The first-order valence-corrected chi connectivity index (χ1v) is 25.1. The van der Waals surface area contributed by atoms with Crippen LogP contribution in [-0.2, 0) is 0 Å². The van der Waals surface area contributed by atoms with Crippen molar-refractivity contribution in [3.63, 3.8) is 0 Å². The molecule has 2 heterocycles. The van der Waals surface area contributed by atoms with Crippen molar-refractivity contribution in [1.29, 1.82) is 0 Å². The molecule has 0 fully saturated rings. The minimum atomic E-state index is 0.875. The van der Waals surface area contributed by atoms with E-state index in [9.17, 15) is 0 Å². The Labute approximate surface area is 416 Å². The standard InChI is InChI=1S/C70H45NO/c1-4-19-44(20-5-1)47-35-38-63-60(41-47)61-42-48(45-21-6-2-7-22-45)36-39-64(61)71(63)69-56-31-16-14-29-54(56)67(55-30-15-17-32-57(55)69)49-37-40-65-62(43-49)58-33-18-34-59(70(58)72-65)68-52-27-12-10-25-50(52)66(46-23-8-3-9-24-46)51-26-11-13-28-53(51)68/h1-6,8-21,23-43H,7,22H2. The molecule has 0 radical (unpaired) electrons. The van der Waals surface area contributed by atoms with Gasteiger partial charge in [0, 0.05) is 43.4 Å². The topological polar surface area (TPSA) is 18.1 Å². The van der Waals surface area contributed by atoms with Crippen molar-refractivity contribution >= 4 is 92.4 Å². The number of benzene rings is 12. The van der Waals surface area contributed by atoms with Crippen LogP contribution in [-0.4, -0.2) is 4.57 Å². The van der Waals surface area contributed by atoms with E-state index in [0.29, 0.717) is 0 Å². The average Bonchev–Trinajstić information content (AvgIpc) is 3.99.